The predicted octanol–water partition coefficient (Wildman–Crippen LogP) is 2.78. The highest BCUT2D eigenvalue weighted by atomic mass is 35.5. The highest BCUT2D eigenvalue weighted by Crippen LogP contribution is 2.25. The van der Waals surface area contributed by atoms with E-state index in [4.69, 9.17) is 26.8 Å². The lowest BCUT2D eigenvalue weighted by atomic mass is 10.2. The molecule has 2 rings (SSSR count). The first-order chi connectivity index (χ1) is 12.4. The van der Waals surface area contributed by atoms with E-state index in [2.05, 4.69) is 0 Å². The molecule has 2 amide bonds. The van der Waals surface area contributed by atoms with E-state index in [-0.39, 0.29) is 30.3 Å². The van der Waals surface area contributed by atoms with Gasteiger partial charge < -0.3 is 20.1 Å². The van der Waals surface area contributed by atoms with Gasteiger partial charge in [0.25, 0.3) is 5.91 Å². The van der Waals surface area contributed by atoms with Crippen molar-refractivity contribution < 1.29 is 23.5 Å². The molecule has 0 unspecified atom stereocenters. The van der Waals surface area contributed by atoms with Crippen molar-refractivity contribution in [3.8, 4) is 11.5 Å². The second-order valence-corrected chi connectivity index (χ2v) is 5.73. The minimum Gasteiger partial charge on any atom is -0.497 e. The van der Waals surface area contributed by atoms with Crippen LogP contribution in [0.4, 0.5) is 10.1 Å². The molecule has 0 aliphatic carbocycles. The molecule has 2 aromatic rings. The third-order valence-electron chi connectivity index (χ3n) is 3.51. The maximum atomic E-state index is 13.1. The van der Waals surface area contributed by atoms with E-state index in [1.807, 2.05) is 0 Å². The second-order valence-electron chi connectivity index (χ2n) is 5.32. The standard InChI is InChI=1S/C18H18ClFN2O4/c1-25-14-5-3-13(4-6-14)22(9-8-17(21)23)18(24)11-26-16-7-2-12(20)10-15(16)19/h2-7,10H,8-9,11H2,1H3,(H2,21,23). The number of carbonyl (C=O) groups is 2. The van der Waals surface area contributed by atoms with Crippen molar-refractivity contribution in [2.75, 3.05) is 25.2 Å². The molecule has 0 spiro atoms. The van der Waals surface area contributed by atoms with Gasteiger partial charge in [0.05, 0.1) is 12.1 Å². The van der Waals surface area contributed by atoms with Crippen LogP contribution in [-0.2, 0) is 9.59 Å². The SMILES string of the molecule is COc1ccc(N(CCC(N)=O)C(=O)COc2ccc(F)cc2Cl)cc1. The van der Waals surface area contributed by atoms with Gasteiger partial charge in [-0.1, -0.05) is 11.6 Å². The number of amides is 2. The van der Waals surface area contributed by atoms with Crippen molar-refractivity contribution in [2.24, 2.45) is 5.73 Å². The molecule has 0 bridgehead atoms. The van der Waals surface area contributed by atoms with Gasteiger partial charge in [-0.05, 0) is 42.5 Å². The van der Waals surface area contributed by atoms with Crippen LogP contribution in [0.5, 0.6) is 11.5 Å². The molecular weight excluding hydrogens is 363 g/mol. The van der Waals surface area contributed by atoms with Crippen LogP contribution in [0.2, 0.25) is 5.02 Å². The van der Waals surface area contributed by atoms with Crippen LogP contribution in [0.1, 0.15) is 6.42 Å². The van der Waals surface area contributed by atoms with Crippen LogP contribution < -0.4 is 20.1 Å². The highest BCUT2D eigenvalue weighted by Gasteiger charge is 2.18. The Morgan fingerprint density at radius 1 is 1.19 bits per heavy atom. The van der Waals surface area contributed by atoms with Crippen molar-refractivity contribution in [1.29, 1.82) is 0 Å². The van der Waals surface area contributed by atoms with Crippen LogP contribution in [0, 0.1) is 5.82 Å². The number of rotatable bonds is 8. The molecule has 138 valence electrons. The van der Waals surface area contributed by atoms with Gasteiger partial charge in [0.15, 0.2) is 6.61 Å². The number of hydrogen-bond donors (Lipinski definition) is 1. The van der Waals surface area contributed by atoms with Gasteiger partial charge in [0.2, 0.25) is 5.91 Å². The average molecular weight is 381 g/mol. The molecule has 26 heavy (non-hydrogen) atoms. The Bertz CT molecular complexity index is 783. The van der Waals surface area contributed by atoms with Crippen LogP contribution in [0.3, 0.4) is 0 Å². The summed E-state index contributed by atoms with van der Waals surface area (Å²) in [4.78, 5) is 25.0. The summed E-state index contributed by atoms with van der Waals surface area (Å²) < 4.78 is 23.5. The van der Waals surface area contributed by atoms with Gasteiger partial charge in [-0.15, -0.1) is 0 Å². The fourth-order valence-corrected chi connectivity index (χ4v) is 2.41. The summed E-state index contributed by atoms with van der Waals surface area (Å²) in [7, 11) is 1.53. The van der Waals surface area contributed by atoms with Crippen LogP contribution in [0.15, 0.2) is 42.5 Å². The smallest absolute Gasteiger partial charge is 0.264 e. The first-order valence-corrected chi connectivity index (χ1v) is 8.09. The Hall–Kier alpha value is -2.80. The molecule has 0 heterocycles. The molecule has 0 aromatic heterocycles. The summed E-state index contributed by atoms with van der Waals surface area (Å²) in [5.74, 6) is -0.623. The fraction of sp³-hybridized carbons (Fsp3) is 0.222. The molecule has 0 aliphatic rings. The quantitative estimate of drug-likeness (QED) is 0.763. The van der Waals surface area contributed by atoms with Crippen molar-refractivity contribution in [3.63, 3.8) is 0 Å². The molecule has 6 nitrogen and oxygen atoms in total. The number of carbonyl (C=O) groups excluding carboxylic acids is 2. The maximum Gasteiger partial charge on any atom is 0.264 e. The van der Waals surface area contributed by atoms with E-state index in [0.717, 1.165) is 6.07 Å². The number of hydrogen-bond acceptors (Lipinski definition) is 4. The average Bonchev–Trinajstić information content (AvgIpc) is 2.61. The van der Waals surface area contributed by atoms with E-state index >= 15 is 0 Å². The van der Waals surface area contributed by atoms with Crippen molar-refractivity contribution in [3.05, 3.63) is 53.3 Å². The zero-order chi connectivity index (χ0) is 19.1. The molecule has 0 saturated carbocycles. The molecule has 0 atom stereocenters. The number of methoxy groups -OCH3 is 1. The van der Waals surface area contributed by atoms with E-state index in [9.17, 15) is 14.0 Å². The number of nitrogens with two attached hydrogens (primary N) is 1. The van der Waals surface area contributed by atoms with Gasteiger partial charge >= 0.3 is 0 Å². The normalized spacial score (nSPS) is 10.3. The Labute approximate surface area is 155 Å². The Kier molecular flexibility index (Phi) is 6.80. The van der Waals surface area contributed by atoms with E-state index in [0.29, 0.717) is 11.4 Å². The molecule has 2 N–H and O–H groups in total. The van der Waals surface area contributed by atoms with E-state index in [1.54, 1.807) is 24.3 Å². The Balaban J connectivity index is 2.12. The molecular formula is C18H18ClFN2O4. The van der Waals surface area contributed by atoms with Crippen LogP contribution in [-0.4, -0.2) is 32.1 Å². The first-order valence-electron chi connectivity index (χ1n) is 7.71. The first kappa shape index (κ1) is 19.5. The number of benzene rings is 2. The third-order valence-corrected chi connectivity index (χ3v) is 3.81. The fourth-order valence-electron chi connectivity index (χ4n) is 2.19. The third kappa shape index (κ3) is 5.35. The van der Waals surface area contributed by atoms with Crippen LogP contribution in [0.25, 0.3) is 0 Å². The lowest BCUT2D eigenvalue weighted by Gasteiger charge is -2.23. The van der Waals surface area contributed by atoms with Crippen molar-refractivity contribution in [2.45, 2.75) is 6.42 Å². The highest BCUT2D eigenvalue weighted by molar-refractivity contribution is 6.32. The van der Waals surface area contributed by atoms with E-state index in [1.165, 1.54) is 24.1 Å². The summed E-state index contributed by atoms with van der Waals surface area (Å²) >= 11 is 5.88. The van der Waals surface area contributed by atoms with Gasteiger partial charge in [0.1, 0.15) is 17.3 Å². The summed E-state index contributed by atoms with van der Waals surface area (Å²) in [6.45, 7) is -0.239. The maximum absolute atomic E-state index is 13.1. The topological polar surface area (TPSA) is 81.9 Å². The number of ether oxygens (including phenoxy) is 2. The molecule has 0 saturated heterocycles. The summed E-state index contributed by atoms with van der Waals surface area (Å²) in [6.07, 6.45) is -0.00489. The number of nitrogens with zero attached hydrogens (tertiary/aromatic N) is 1. The number of primary amides is 1. The largest absolute Gasteiger partial charge is 0.497 e. The Morgan fingerprint density at radius 2 is 1.88 bits per heavy atom. The molecule has 0 fully saturated rings. The Morgan fingerprint density at radius 3 is 2.46 bits per heavy atom. The zero-order valence-electron chi connectivity index (χ0n) is 14.1. The van der Waals surface area contributed by atoms with E-state index < -0.39 is 17.6 Å². The monoisotopic (exact) mass is 380 g/mol. The summed E-state index contributed by atoms with van der Waals surface area (Å²) in [5.41, 5.74) is 5.74. The lowest BCUT2D eigenvalue weighted by molar-refractivity contribution is -0.120. The summed E-state index contributed by atoms with van der Waals surface area (Å²) in [6, 6.07) is 10.4. The second kappa shape index (κ2) is 9.05. The minimum absolute atomic E-state index is 0.00489. The molecule has 0 aliphatic heterocycles. The van der Waals surface area contributed by atoms with Gasteiger partial charge in [-0.3, -0.25) is 9.59 Å². The van der Waals surface area contributed by atoms with Crippen molar-refractivity contribution in [1.82, 2.24) is 0 Å². The van der Waals surface area contributed by atoms with Crippen LogP contribution >= 0.6 is 11.6 Å². The summed E-state index contributed by atoms with van der Waals surface area (Å²) in [5, 5.41) is 0.0610. The number of anilines is 1. The predicted molar refractivity (Wildman–Crippen MR) is 96.1 cm³/mol. The van der Waals surface area contributed by atoms with Crippen molar-refractivity contribution >= 4 is 29.1 Å². The minimum atomic E-state index is -0.529. The molecule has 8 heteroatoms. The van der Waals surface area contributed by atoms with Gasteiger partial charge in [0, 0.05) is 18.7 Å². The molecule has 0 radical (unpaired) electrons. The zero-order valence-corrected chi connectivity index (χ0v) is 14.8. The number of halogens is 2. The van der Waals surface area contributed by atoms with Gasteiger partial charge in [-0.2, -0.15) is 0 Å². The lowest BCUT2D eigenvalue weighted by Crippen LogP contribution is -2.37. The molecule has 2 aromatic carbocycles. The van der Waals surface area contributed by atoms with Gasteiger partial charge in [-0.25, -0.2) is 4.39 Å².